The molecule has 27 heavy (non-hydrogen) atoms. The molecule has 5 nitrogen and oxygen atoms in total. The molecule has 9 heteroatoms. The van der Waals surface area contributed by atoms with Gasteiger partial charge in [-0.3, -0.25) is 14.8 Å². The number of hydrogen-bond acceptors (Lipinski definition) is 6. The van der Waals surface area contributed by atoms with Gasteiger partial charge in [0.1, 0.15) is 16.6 Å². The largest absolute Gasteiger partial charge is 0.296 e. The number of aromatic nitrogens is 2. The zero-order valence-corrected chi connectivity index (χ0v) is 16.0. The van der Waals surface area contributed by atoms with Gasteiger partial charge in [0.25, 0.3) is 5.91 Å². The highest BCUT2D eigenvalue weighted by Gasteiger charge is 2.16. The normalized spacial score (nSPS) is 10.8. The van der Waals surface area contributed by atoms with E-state index < -0.39 is 11.7 Å². The number of carbonyl (C=O) groups excluding carboxylic acids is 1. The van der Waals surface area contributed by atoms with E-state index in [2.05, 4.69) is 20.2 Å². The lowest BCUT2D eigenvalue weighted by molar-refractivity contribution is 0.102. The molecule has 0 radical (unpaired) electrons. The Labute approximate surface area is 163 Å². The van der Waals surface area contributed by atoms with Crippen LogP contribution in [0.25, 0.3) is 10.6 Å². The van der Waals surface area contributed by atoms with Crippen molar-refractivity contribution in [3.63, 3.8) is 0 Å². The summed E-state index contributed by atoms with van der Waals surface area (Å²) in [7, 11) is 0. The van der Waals surface area contributed by atoms with Crippen LogP contribution in [0.5, 0.6) is 0 Å². The third-order valence-electron chi connectivity index (χ3n) is 3.46. The number of nitrogens with one attached hydrogen (secondary N) is 2. The lowest BCUT2D eigenvalue weighted by Gasteiger charge is -2.06. The average molecular weight is 406 g/mol. The molecule has 0 spiro atoms. The first-order valence-electron chi connectivity index (χ1n) is 8.17. The van der Waals surface area contributed by atoms with E-state index in [1.54, 1.807) is 18.2 Å². The molecule has 0 bridgehead atoms. The molecule has 2 aromatic carbocycles. The summed E-state index contributed by atoms with van der Waals surface area (Å²) in [6.07, 6.45) is 0.967. The maximum Gasteiger partial charge on any atom is 0.260 e. The fourth-order valence-electron chi connectivity index (χ4n) is 2.13. The van der Waals surface area contributed by atoms with E-state index in [1.807, 2.05) is 6.92 Å². The van der Waals surface area contributed by atoms with Crippen LogP contribution in [0.3, 0.4) is 0 Å². The highest BCUT2D eigenvalue weighted by atomic mass is 32.2. The van der Waals surface area contributed by atoms with Crippen LogP contribution < -0.4 is 10.0 Å². The quantitative estimate of drug-likeness (QED) is 0.438. The molecule has 0 aliphatic carbocycles. The molecule has 1 amide bonds. The number of hydrogen-bond donors (Lipinski definition) is 2. The summed E-state index contributed by atoms with van der Waals surface area (Å²) >= 11 is 2.47. The molecule has 1 heterocycles. The van der Waals surface area contributed by atoms with E-state index in [1.165, 1.54) is 36.2 Å². The van der Waals surface area contributed by atoms with Crippen molar-refractivity contribution in [2.45, 2.75) is 18.2 Å². The molecular formula is C18H16F2N4OS2. The van der Waals surface area contributed by atoms with Gasteiger partial charge in [-0.1, -0.05) is 18.3 Å². The van der Waals surface area contributed by atoms with Gasteiger partial charge in [0.2, 0.25) is 5.13 Å². The molecule has 0 aliphatic heterocycles. The molecule has 0 fully saturated rings. The average Bonchev–Trinajstić information content (AvgIpc) is 3.12. The summed E-state index contributed by atoms with van der Waals surface area (Å²) in [6.45, 7) is 2.85. The topological polar surface area (TPSA) is 66.9 Å². The second-order valence-corrected chi connectivity index (χ2v) is 7.45. The molecule has 0 saturated carbocycles. The maximum atomic E-state index is 14.1. The molecule has 0 saturated heterocycles. The van der Waals surface area contributed by atoms with Gasteiger partial charge >= 0.3 is 0 Å². The molecule has 1 aromatic heterocycles. The van der Waals surface area contributed by atoms with E-state index in [4.69, 9.17) is 0 Å². The van der Waals surface area contributed by atoms with Crippen LogP contribution in [0.4, 0.5) is 13.9 Å². The summed E-state index contributed by atoms with van der Waals surface area (Å²) in [6, 6.07) is 10.1. The number of nitrogens with zero attached hydrogens (tertiary/aromatic N) is 2. The lowest BCUT2D eigenvalue weighted by atomic mass is 10.2. The molecular weight excluding hydrogens is 390 g/mol. The van der Waals surface area contributed by atoms with Crippen LogP contribution in [0.15, 0.2) is 47.4 Å². The Balaban J connectivity index is 1.72. The minimum Gasteiger partial charge on any atom is -0.296 e. The molecule has 2 N–H and O–H groups in total. The van der Waals surface area contributed by atoms with Gasteiger partial charge < -0.3 is 0 Å². The van der Waals surface area contributed by atoms with Crippen LogP contribution in [0.2, 0.25) is 0 Å². The second kappa shape index (κ2) is 9.03. The molecule has 3 rings (SSSR count). The van der Waals surface area contributed by atoms with Crippen LogP contribution >= 0.6 is 23.3 Å². The summed E-state index contributed by atoms with van der Waals surface area (Å²) in [4.78, 5) is 13.2. The van der Waals surface area contributed by atoms with Crippen molar-refractivity contribution < 1.29 is 13.6 Å². The van der Waals surface area contributed by atoms with E-state index in [9.17, 15) is 13.6 Å². The maximum absolute atomic E-state index is 14.1. The highest BCUT2D eigenvalue weighted by molar-refractivity contribution is 7.97. The third-order valence-corrected chi connectivity index (χ3v) is 5.19. The molecule has 0 aliphatic rings. The minimum atomic E-state index is -0.615. The first kappa shape index (κ1) is 19.4. The van der Waals surface area contributed by atoms with E-state index >= 15 is 0 Å². The van der Waals surface area contributed by atoms with Crippen molar-refractivity contribution in [2.24, 2.45) is 0 Å². The standard InChI is InChI=1S/C18H16F2N4OS2/c1-2-9-21-27-13-7-8-15(20)14(10-13)16(25)22-18-24-23-17(26-18)11-3-5-12(19)6-4-11/h3-8,10,21H,2,9H2,1H3,(H,22,24,25). The predicted molar refractivity (Wildman–Crippen MR) is 104 cm³/mol. The van der Waals surface area contributed by atoms with Crippen molar-refractivity contribution in [1.29, 1.82) is 0 Å². The SMILES string of the molecule is CCCNSc1ccc(F)c(C(=O)Nc2nnc(-c3ccc(F)cc3)s2)c1. The zero-order valence-electron chi connectivity index (χ0n) is 14.3. The van der Waals surface area contributed by atoms with Crippen molar-refractivity contribution in [3.8, 4) is 10.6 Å². The Bertz CT molecular complexity index is 931. The molecule has 140 valence electrons. The molecule has 3 aromatic rings. The van der Waals surface area contributed by atoms with Gasteiger partial charge in [0.15, 0.2) is 0 Å². The summed E-state index contributed by atoms with van der Waals surface area (Å²) in [5, 5.41) is 11.2. The van der Waals surface area contributed by atoms with E-state index in [0.29, 0.717) is 10.6 Å². The Morgan fingerprint density at radius 3 is 2.67 bits per heavy atom. The molecule has 0 unspecified atom stereocenters. The van der Waals surface area contributed by atoms with E-state index in [-0.39, 0.29) is 16.5 Å². The van der Waals surface area contributed by atoms with Gasteiger partial charge in [-0.25, -0.2) is 8.78 Å². The summed E-state index contributed by atoms with van der Waals surface area (Å²) in [5.41, 5.74) is 0.609. The Kier molecular flexibility index (Phi) is 6.49. The Hall–Kier alpha value is -2.36. The lowest BCUT2D eigenvalue weighted by Crippen LogP contribution is -2.14. The number of amides is 1. The van der Waals surface area contributed by atoms with Crippen molar-refractivity contribution >= 4 is 34.3 Å². The van der Waals surface area contributed by atoms with Crippen LogP contribution in [-0.4, -0.2) is 22.6 Å². The minimum absolute atomic E-state index is 0.0724. The van der Waals surface area contributed by atoms with Crippen LogP contribution in [-0.2, 0) is 0 Å². The highest BCUT2D eigenvalue weighted by Crippen LogP contribution is 2.27. The summed E-state index contributed by atoms with van der Waals surface area (Å²) in [5.74, 6) is -1.57. The Morgan fingerprint density at radius 2 is 1.93 bits per heavy atom. The molecule has 0 atom stereocenters. The van der Waals surface area contributed by atoms with Crippen molar-refractivity contribution in [1.82, 2.24) is 14.9 Å². The van der Waals surface area contributed by atoms with Gasteiger partial charge in [0.05, 0.1) is 5.56 Å². The summed E-state index contributed by atoms with van der Waals surface area (Å²) < 4.78 is 30.2. The van der Waals surface area contributed by atoms with Crippen molar-refractivity contribution in [3.05, 3.63) is 59.7 Å². The van der Waals surface area contributed by atoms with Gasteiger partial charge in [-0.2, -0.15) is 0 Å². The third kappa shape index (κ3) is 5.09. The van der Waals surface area contributed by atoms with Gasteiger partial charge in [0, 0.05) is 17.0 Å². The number of halogens is 2. The number of anilines is 1. The zero-order chi connectivity index (χ0) is 19.2. The fraction of sp³-hybridized carbons (Fsp3) is 0.167. The second-order valence-electron chi connectivity index (χ2n) is 5.51. The Morgan fingerprint density at radius 1 is 1.15 bits per heavy atom. The number of carbonyl (C=O) groups is 1. The predicted octanol–water partition coefficient (Wildman–Crippen LogP) is 4.74. The number of benzene rings is 2. The first-order valence-corrected chi connectivity index (χ1v) is 9.80. The van der Waals surface area contributed by atoms with Gasteiger partial charge in [-0.15, -0.1) is 10.2 Å². The van der Waals surface area contributed by atoms with Crippen molar-refractivity contribution in [2.75, 3.05) is 11.9 Å². The monoisotopic (exact) mass is 406 g/mol. The first-order chi connectivity index (χ1) is 13.1. The van der Waals surface area contributed by atoms with E-state index in [0.717, 1.165) is 29.2 Å². The number of rotatable bonds is 7. The fourth-order valence-corrected chi connectivity index (χ4v) is 3.66. The van der Waals surface area contributed by atoms with Crippen LogP contribution in [0.1, 0.15) is 23.7 Å². The smallest absolute Gasteiger partial charge is 0.260 e. The van der Waals surface area contributed by atoms with Crippen LogP contribution in [0, 0.1) is 11.6 Å². The van der Waals surface area contributed by atoms with Gasteiger partial charge in [-0.05, 0) is 60.8 Å².